The molecule has 0 spiro atoms. The molecule has 0 aromatic carbocycles. The van der Waals surface area contributed by atoms with Gasteiger partial charge >= 0.3 is 0 Å². The average Bonchev–Trinajstić information content (AvgIpc) is 2.68. The van der Waals surface area contributed by atoms with Crippen LogP contribution in [0.3, 0.4) is 0 Å². The topological polar surface area (TPSA) is 46.0 Å². The van der Waals surface area contributed by atoms with E-state index in [1.807, 2.05) is 17.9 Å². The van der Waals surface area contributed by atoms with Crippen molar-refractivity contribution in [3.05, 3.63) is 11.9 Å². The Hall–Kier alpha value is -0.940. The van der Waals surface area contributed by atoms with E-state index in [2.05, 4.69) is 41.5 Å². The normalized spacial score (nSPS) is 13.3. The summed E-state index contributed by atoms with van der Waals surface area (Å²) in [7, 11) is 6.17. The van der Waals surface area contributed by atoms with Gasteiger partial charge in [-0.25, -0.2) is 4.68 Å². The molecule has 0 aliphatic rings. The number of hydrogen-bond donors (Lipinski definition) is 1. The molecule has 0 bridgehead atoms. The first-order chi connectivity index (χ1) is 7.69. The summed E-state index contributed by atoms with van der Waals surface area (Å²) in [5.74, 6) is 0. The fraction of sp³-hybridized carbons (Fsp3) is 0.818. The van der Waals surface area contributed by atoms with Crippen LogP contribution in [-0.2, 0) is 6.54 Å². The van der Waals surface area contributed by atoms with Gasteiger partial charge in [0.1, 0.15) is 0 Å². The van der Waals surface area contributed by atoms with Gasteiger partial charge in [0.05, 0.1) is 17.9 Å². The maximum Gasteiger partial charge on any atom is 0.0756 e. The monoisotopic (exact) mass is 225 g/mol. The maximum atomic E-state index is 4.11. The zero-order chi connectivity index (χ0) is 12.0. The molecular weight excluding hydrogens is 202 g/mol. The lowest BCUT2D eigenvalue weighted by Crippen LogP contribution is -2.25. The summed E-state index contributed by atoms with van der Waals surface area (Å²) in [6.45, 7) is 4.15. The summed E-state index contributed by atoms with van der Waals surface area (Å²) in [5.41, 5.74) is 1.19. The van der Waals surface area contributed by atoms with Crippen LogP contribution in [-0.4, -0.2) is 47.6 Å². The molecule has 16 heavy (non-hydrogen) atoms. The molecule has 1 unspecified atom stereocenters. The summed E-state index contributed by atoms with van der Waals surface area (Å²) < 4.78 is 2.00. The van der Waals surface area contributed by atoms with E-state index in [1.165, 1.54) is 5.69 Å². The van der Waals surface area contributed by atoms with Crippen LogP contribution in [0.15, 0.2) is 6.20 Å². The van der Waals surface area contributed by atoms with Crippen LogP contribution in [0, 0.1) is 0 Å². The van der Waals surface area contributed by atoms with Gasteiger partial charge in [-0.2, -0.15) is 0 Å². The Morgan fingerprint density at radius 3 is 2.81 bits per heavy atom. The Labute approximate surface area is 97.8 Å². The highest BCUT2D eigenvalue weighted by Crippen LogP contribution is 2.15. The standard InChI is InChI=1S/C11H23N5/c1-5-7-16-11(9-13-14-16)10(12-2)6-8-15(3)4/h9-10,12H,5-8H2,1-4H3. The van der Waals surface area contributed by atoms with Crippen molar-refractivity contribution in [3.8, 4) is 0 Å². The molecule has 1 N–H and O–H groups in total. The number of nitrogens with one attached hydrogen (secondary N) is 1. The number of nitrogens with zero attached hydrogens (tertiary/aromatic N) is 4. The van der Waals surface area contributed by atoms with Crippen LogP contribution in [0.4, 0.5) is 0 Å². The van der Waals surface area contributed by atoms with Crippen LogP contribution in [0.2, 0.25) is 0 Å². The first kappa shape index (κ1) is 13.1. The van der Waals surface area contributed by atoms with E-state index in [1.54, 1.807) is 0 Å². The molecule has 0 radical (unpaired) electrons. The lowest BCUT2D eigenvalue weighted by atomic mass is 10.1. The highest BCUT2D eigenvalue weighted by atomic mass is 15.4. The zero-order valence-electron chi connectivity index (χ0n) is 10.8. The summed E-state index contributed by atoms with van der Waals surface area (Å²) in [4.78, 5) is 2.19. The van der Waals surface area contributed by atoms with E-state index < -0.39 is 0 Å². The summed E-state index contributed by atoms with van der Waals surface area (Å²) in [6.07, 6.45) is 4.02. The van der Waals surface area contributed by atoms with Gasteiger partial charge in [-0.3, -0.25) is 0 Å². The fourth-order valence-electron chi connectivity index (χ4n) is 1.75. The Morgan fingerprint density at radius 1 is 1.50 bits per heavy atom. The van der Waals surface area contributed by atoms with Crippen LogP contribution in [0.25, 0.3) is 0 Å². The molecule has 0 amide bonds. The van der Waals surface area contributed by atoms with Crippen molar-refractivity contribution >= 4 is 0 Å². The van der Waals surface area contributed by atoms with E-state index in [4.69, 9.17) is 0 Å². The van der Waals surface area contributed by atoms with Crippen molar-refractivity contribution in [2.24, 2.45) is 0 Å². The summed E-state index contributed by atoms with van der Waals surface area (Å²) >= 11 is 0. The Kier molecular flexibility index (Phi) is 5.42. The third-order valence-corrected chi connectivity index (χ3v) is 2.65. The first-order valence-corrected chi connectivity index (χ1v) is 5.89. The van der Waals surface area contributed by atoms with Crippen molar-refractivity contribution in [3.63, 3.8) is 0 Å². The second-order valence-electron chi connectivity index (χ2n) is 4.32. The molecule has 5 nitrogen and oxygen atoms in total. The predicted octanol–water partition coefficient (Wildman–Crippen LogP) is 0.900. The molecule has 1 atom stereocenters. The minimum Gasteiger partial charge on any atom is -0.312 e. The Bertz CT molecular complexity index is 294. The first-order valence-electron chi connectivity index (χ1n) is 5.89. The van der Waals surface area contributed by atoms with Gasteiger partial charge in [0.15, 0.2) is 0 Å². The van der Waals surface area contributed by atoms with Gasteiger partial charge in [-0.05, 0) is 40.5 Å². The van der Waals surface area contributed by atoms with E-state index >= 15 is 0 Å². The van der Waals surface area contributed by atoms with Gasteiger partial charge in [-0.15, -0.1) is 5.10 Å². The molecule has 1 heterocycles. The molecule has 5 heteroatoms. The SMILES string of the molecule is CCCn1nncc1C(CCN(C)C)NC. The maximum absolute atomic E-state index is 4.11. The quantitative estimate of drug-likeness (QED) is 0.749. The average molecular weight is 225 g/mol. The molecule has 0 aliphatic carbocycles. The highest BCUT2D eigenvalue weighted by molar-refractivity contribution is 5.02. The van der Waals surface area contributed by atoms with Crippen LogP contribution in [0.1, 0.15) is 31.5 Å². The molecule has 1 rings (SSSR count). The summed E-state index contributed by atoms with van der Waals surface area (Å²) in [6, 6.07) is 0.337. The van der Waals surface area contributed by atoms with Gasteiger partial charge < -0.3 is 10.2 Å². The number of rotatable bonds is 7. The second kappa shape index (κ2) is 6.60. The lowest BCUT2D eigenvalue weighted by molar-refractivity contribution is 0.359. The van der Waals surface area contributed by atoms with E-state index in [-0.39, 0.29) is 0 Å². The van der Waals surface area contributed by atoms with Crippen molar-refractivity contribution in [1.29, 1.82) is 0 Å². The fourth-order valence-corrected chi connectivity index (χ4v) is 1.75. The molecule has 0 saturated carbocycles. The highest BCUT2D eigenvalue weighted by Gasteiger charge is 2.14. The Balaban J connectivity index is 2.66. The Morgan fingerprint density at radius 2 is 2.25 bits per heavy atom. The molecular formula is C11H23N5. The smallest absolute Gasteiger partial charge is 0.0756 e. The van der Waals surface area contributed by atoms with E-state index in [0.717, 1.165) is 25.9 Å². The van der Waals surface area contributed by atoms with Crippen LogP contribution < -0.4 is 5.32 Å². The van der Waals surface area contributed by atoms with E-state index in [9.17, 15) is 0 Å². The zero-order valence-corrected chi connectivity index (χ0v) is 10.8. The van der Waals surface area contributed by atoms with Crippen molar-refractivity contribution in [1.82, 2.24) is 25.2 Å². The third kappa shape index (κ3) is 3.57. The lowest BCUT2D eigenvalue weighted by Gasteiger charge is -2.19. The molecule has 92 valence electrons. The molecule has 0 aliphatic heterocycles. The predicted molar refractivity (Wildman–Crippen MR) is 65.3 cm³/mol. The van der Waals surface area contributed by atoms with Crippen LogP contribution >= 0.6 is 0 Å². The number of aryl methyl sites for hydroxylation is 1. The van der Waals surface area contributed by atoms with Crippen molar-refractivity contribution < 1.29 is 0 Å². The van der Waals surface area contributed by atoms with Crippen molar-refractivity contribution in [2.45, 2.75) is 32.4 Å². The molecule has 1 aromatic heterocycles. The molecule has 0 fully saturated rings. The van der Waals surface area contributed by atoms with Gasteiger partial charge in [0.25, 0.3) is 0 Å². The third-order valence-electron chi connectivity index (χ3n) is 2.65. The number of aromatic nitrogens is 3. The van der Waals surface area contributed by atoms with Gasteiger partial charge in [0.2, 0.25) is 0 Å². The second-order valence-corrected chi connectivity index (χ2v) is 4.32. The molecule has 1 aromatic rings. The number of hydrogen-bond acceptors (Lipinski definition) is 4. The summed E-state index contributed by atoms with van der Waals surface area (Å²) in [5, 5.41) is 11.4. The minimum absolute atomic E-state index is 0.337. The minimum atomic E-state index is 0.337. The molecule has 0 saturated heterocycles. The largest absolute Gasteiger partial charge is 0.312 e. The van der Waals surface area contributed by atoms with Crippen LogP contribution in [0.5, 0.6) is 0 Å². The van der Waals surface area contributed by atoms with Crippen molar-refractivity contribution in [2.75, 3.05) is 27.7 Å². The van der Waals surface area contributed by atoms with Gasteiger partial charge in [0, 0.05) is 6.54 Å². The van der Waals surface area contributed by atoms with Gasteiger partial charge in [-0.1, -0.05) is 12.1 Å². The van der Waals surface area contributed by atoms with E-state index in [0.29, 0.717) is 6.04 Å².